The molecule has 2 aromatic carbocycles. The minimum Gasteiger partial charge on any atom is -0.403 e. The SMILES string of the molecule is CC1c2ccccc2Cn2cc3c(c21)C(=O)c1cccc(OP(=O)(O)OC2CCCCC2)c1C3=O. The molecular formula is C27H26NO6P. The van der Waals surface area contributed by atoms with Gasteiger partial charge in [0.1, 0.15) is 5.75 Å². The molecule has 3 aliphatic rings. The van der Waals surface area contributed by atoms with E-state index in [1.54, 1.807) is 18.3 Å². The lowest BCUT2D eigenvalue weighted by Crippen LogP contribution is -2.23. The zero-order valence-electron chi connectivity index (χ0n) is 19.4. The fourth-order valence-corrected chi connectivity index (χ4v) is 6.85. The Hall–Kier alpha value is -2.99. The summed E-state index contributed by atoms with van der Waals surface area (Å²) >= 11 is 0. The standard InChI is InChI=1S/C27H26NO6P/c1-16-19-11-6-5-8-17(19)14-28-15-21-24(25(16)28)26(29)20-12-7-13-22(23(20)27(21)30)34-35(31,32)33-18-9-3-2-4-10-18/h5-8,11-13,15-16,18H,2-4,9-10,14H2,1H3,(H,31,32). The summed E-state index contributed by atoms with van der Waals surface area (Å²) in [5.41, 5.74) is 4.02. The second-order valence-electron chi connectivity index (χ2n) is 9.61. The predicted octanol–water partition coefficient (Wildman–Crippen LogP) is 5.61. The summed E-state index contributed by atoms with van der Waals surface area (Å²) in [7, 11) is -4.48. The van der Waals surface area contributed by atoms with E-state index in [1.165, 1.54) is 6.07 Å². The van der Waals surface area contributed by atoms with Crippen LogP contribution in [0, 0.1) is 0 Å². The van der Waals surface area contributed by atoms with Crippen LogP contribution in [0.4, 0.5) is 0 Å². The van der Waals surface area contributed by atoms with Crippen LogP contribution >= 0.6 is 7.82 Å². The average molecular weight is 491 g/mol. The fraction of sp³-hybridized carbons (Fsp3) is 0.333. The molecule has 8 heteroatoms. The molecule has 0 spiro atoms. The molecule has 180 valence electrons. The van der Waals surface area contributed by atoms with E-state index in [1.807, 2.05) is 23.6 Å². The summed E-state index contributed by atoms with van der Waals surface area (Å²) < 4.78 is 25.6. The third kappa shape index (κ3) is 3.70. The second kappa shape index (κ2) is 8.30. The van der Waals surface area contributed by atoms with Crippen LogP contribution in [0.1, 0.15) is 93.6 Å². The van der Waals surface area contributed by atoms with Crippen molar-refractivity contribution < 1.29 is 28.1 Å². The van der Waals surface area contributed by atoms with Crippen molar-refractivity contribution in [2.45, 2.75) is 57.6 Å². The molecule has 1 fully saturated rings. The largest absolute Gasteiger partial charge is 0.527 e. The first-order valence-corrected chi connectivity index (χ1v) is 13.6. The highest BCUT2D eigenvalue weighted by atomic mass is 31.2. The van der Waals surface area contributed by atoms with Gasteiger partial charge in [-0.1, -0.05) is 62.6 Å². The Morgan fingerprint density at radius 2 is 1.69 bits per heavy atom. The Balaban J connectivity index is 1.38. The van der Waals surface area contributed by atoms with Gasteiger partial charge in [-0.3, -0.25) is 19.0 Å². The normalized spacial score (nSPS) is 20.9. The molecule has 6 rings (SSSR count). The summed E-state index contributed by atoms with van der Waals surface area (Å²) in [4.78, 5) is 37.8. The number of carbonyl (C=O) groups excluding carboxylic acids is 2. The number of hydrogen-bond acceptors (Lipinski definition) is 5. The van der Waals surface area contributed by atoms with E-state index in [-0.39, 0.29) is 40.5 Å². The number of hydrogen-bond donors (Lipinski definition) is 1. The van der Waals surface area contributed by atoms with Crippen LogP contribution < -0.4 is 4.52 Å². The van der Waals surface area contributed by atoms with Gasteiger partial charge in [0.05, 0.1) is 22.8 Å². The molecule has 1 aromatic heterocycles. The van der Waals surface area contributed by atoms with Gasteiger partial charge in [0.15, 0.2) is 11.6 Å². The quantitative estimate of drug-likeness (QED) is 0.373. The molecule has 1 aliphatic heterocycles. The Morgan fingerprint density at radius 3 is 2.49 bits per heavy atom. The van der Waals surface area contributed by atoms with Crippen molar-refractivity contribution in [3.05, 3.63) is 87.7 Å². The van der Waals surface area contributed by atoms with E-state index in [0.29, 0.717) is 30.5 Å². The van der Waals surface area contributed by atoms with Gasteiger partial charge in [-0.05, 0) is 30.0 Å². The predicted molar refractivity (Wildman–Crippen MR) is 129 cm³/mol. The third-order valence-electron chi connectivity index (χ3n) is 7.41. The van der Waals surface area contributed by atoms with Crippen LogP contribution in [0.2, 0.25) is 0 Å². The lowest BCUT2D eigenvalue weighted by atomic mass is 9.81. The maximum Gasteiger partial charge on any atom is 0.527 e. The molecule has 0 saturated heterocycles. The topological polar surface area (TPSA) is 94.8 Å². The molecule has 0 bridgehead atoms. The van der Waals surface area contributed by atoms with E-state index >= 15 is 0 Å². The molecule has 0 amide bonds. The third-order valence-corrected chi connectivity index (χ3v) is 8.40. The number of nitrogens with zero attached hydrogens (tertiary/aromatic N) is 1. The summed E-state index contributed by atoms with van der Waals surface area (Å²) in [6.45, 7) is 2.62. The van der Waals surface area contributed by atoms with Crippen molar-refractivity contribution in [1.82, 2.24) is 4.57 Å². The lowest BCUT2D eigenvalue weighted by Gasteiger charge is -2.27. The van der Waals surface area contributed by atoms with Gasteiger partial charge in [-0.2, -0.15) is 0 Å². The van der Waals surface area contributed by atoms with Crippen molar-refractivity contribution in [3.8, 4) is 5.75 Å². The molecular weight excluding hydrogens is 465 g/mol. The second-order valence-corrected chi connectivity index (χ2v) is 10.9. The summed E-state index contributed by atoms with van der Waals surface area (Å²) in [5.74, 6) is -0.821. The number of phosphoric acid groups is 1. The molecule has 1 saturated carbocycles. The first kappa shape index (κ1) is 22.5. The Labute approximate surface area is 203 Å². The number of fused-ring (bicyclic) bond motifs is 5. The average Bonchev–Trinajstić information content (AvgIpc) is 3.23. The van der Waals surface area contributed by atoms with Gasteiger partial charge in [-0.25, -0.2) is 4.57 Å². The summed E-state index contributed by atoms with van der Waals surface area (Å²) in [5, 5.41) is 0. The monoisotopic (exact) mass is 491 g/mol. The lowest BCUT2D eigenvalue weighted by molar-refractivity contribution is 0.0970. The summed E-state index contributed by atoms with van der Waals surface area (Å²) in [6, 6.07) is 12.7. The number of phosphoric ester groups is 1. The number of carbonyl (C=O) groups is 2. The first-order chi connectivity index (χ1) is 16.8. The van der Waals surface area contributed by atoms with Gasteiger partial charge >= 0.3 is 7.82 Å². The van der Waals surface area contributed by atoms with Crippen molar-refractivity contribution in [3.63, 3.8) is 0 Å². The van der Waals surface area contributed by atoms with Crippen LogP contribution in [-0.4, -0.2) is 27.1 Å². The zero-order chi connectivity index (χ0) is 24.3. The highest BCUT2D eigenvalue weighted by molar-refractivity contribution is 7.47. The minimum atomic E-state index is -4.48. The van der Waals surface area contributed by atoms with Crippen molar-refractivity contribution in [2.75, 3.05) is 0 Å². The van der Waals surface area contributed by atoms with Gasteiger partial charge < -0.3 is 9.09 Å². The first-order valence-electron chi connectivity index (χ1n) is 12.1. The highest BCUT2D eigenvalue weighted by Crippen LogP contribution is 2.50. The highest BCUT2D eigenvalue weighted by Gasteiger charge is 2.40. The molecule has 2 heterocycles. The number of aromatic nitrogens is 1. The minimum absolute atomic E-state index is 0.0135. The summed E-state index contributed by atoms with van der Waals surface area (Å²) in [6.07, 6.45) is 5.70. The smallest absolute Gasteiger partial charge is 0.403 e. The van der Waals surface area contributed by atoms with E-state index in [2.05, 4.69) is 12.1 Å². The fourth-order valence-electron chi connectivity index (χ4n) is 5.81. The van der Waals surface area contributed by atoms with Crippen molar-refractivity contribution >= 4 is 19.4 Å². The Bertz CT molecular complexity index is 1420. The van der Waals surface area contributed by atoms with E-state index < -0.39 is 7.82 Å². The molecule has 7 nitrogen and oxygen atoms in total. The molecule has 0 radical (unpaired) electrons. The maximum atomic E-state index is 13.7. The van der Waals surface area contributed by atoms with E-state index in [9.17, 15) is 19.0 Å². The van der Waals surface area contributed by atoms with Crippen LogP contribution in [0.25, 0.3) is 0 Å². The zero-order valence-corrected chi connectivity index (χ0v) is 20.3. The molecule has 2 atom stereocenters. The van der Waals surface area contributed by atoms with Crippen molar-refractivity contribution in [2.24, 2.45) is 0 Å². The van der Waals surface area contributed by atoms with Crippen LogP contribution in [0.15, 0.2) is 48.7 Å². The number of benzene rings is 2. The molecule has 1 N–H and O–H groups in total. The van der Waals surface area contributed by atoms with Gasteiger partial charge in [0.2, 0.25) is 0 Å². The van der Waals surface area contributed by atoms with Crippen LogP contribution in [0.3, 0.4) is 0 Å². The van der Waals surface area contributed by atoms with Gasteiger partial charge in [-0.15, -0.1) is 0 Å². The van der Waals surface area contributed by atoms with Gasteiger partial charge in [0.25, 0.3) is 0 Å². The number of ketones is 2. The Morgan fingerprint density at radius 1 is 0.943 bits per heavy atom. The van der Waals surface area contributed by atoms with Crippen LogP contribution in [0.5, 0.6) is 5.75 Å². The van der Waals surface area contributed by atoms with Crippen LogP contribution in [-0.2, 0) is 15.6 Å². The van der Waals surface area contributed by atoms with E-state index in [0.717, 1.165) is 36.1 Å². The Kier molecular flexibility index (Phi) is 5.33. The molecule has 2 aliphatic carbocycles. The molecule has 2 unspecified atom stereocenters. The number of rotatable bonds is 4. The van der Waals surface area contributed by atoms with Crippen molar-refractivity contribution in [1.29, 1.82) is 0 Å². The molecule has 3 aromatic rings. The maximum absolute atomic E-state index is 13.7. The van der Waals surface area contributed by atoms with E-state index in [4.69, 9.17) is 9.05 Å². The van der Waals surface area contributed by atoms with Gasteiger partial charge in [0, 0.05) is 29.9 Å². The molecule has 35 heavy (non-hydrogen) atoms.